The van der Waals surface area contributed by atoms with Gasteiger partial charge in [0.05, 0.1) is 5.69 Å². The van der Waals surface area contributed by atoms with Gasteiger partial charge >= 0.3 is 0 Å². The minimum atomic E-state index is 0.314. The molecule has 1 saturated heterocycles. The van der Waals surface area contributed by atoms with Crippen LogP contribution in [0.15, 0.2) is 34.7 Å². The van der Waals surface area contributed by atoms with E-state index in [1.807, 2.05) is 37.3 Å². The lowest BCUT2D eigenvalue weighted by atomic mass is 9.98. The molecule has 0 aliphatic carbocycles. The SMILES string of the molecule is Cc1oc(-c2ccccc2)nc1CN1CCC(CO)CC1. The van der Waals surface area contributed by atoms with Gasteiger partial charge in [0.25, 0.3) is 0 Å². The van der Waals surface area contributed by atoms with Crippen molar-refractivity contribution in [3.63, 3.8) is 0 Å². The summed E-state index contributed by atoms with van der Waals surface area (Å²) in [7, 11) is 0. The van der Waals surface area contributed by atoms with Crippen molar-refractivity contribution in [2.45, 2.75) is 26.3 Å². The third kappa shape index (κ3) is 3.34. The van der Waals surface area contributed by atoms with Crippen LogP contribution in [0.5, 0.6) is 0 Å². The van der Waals surface area contributed by atoms with Gasteiger partial charge < -0.3 is 9.52 Å². The van der Waals surface area contributed by atoms with Crippen LogP contribution in [0.1, 0.15) is 24.3 Å². The van der Waals surface area contributed by atoms with Gasteiger partial charge in [-0.3, -0.25) is 4.90 Å². The summed E-state index contributed by atoms with van der Waals surface area (Å²) in [5.41, 5.74) is 2.04. The molecule has 112 valence electrons. The second kappa shape index (κ2) is 6.41. The Morgan fingerprint density at radius 1 is 1.24 bits per heavy atom. The summed E-state index contributed by atoms with van der Waals surface area (Å²) in [6.45, 7) is 5.18. The fraction of sp³-hybridized carbons (Fsp3) is 0.471. The van der Waals surface area contributed by atoms with Gasteiger partial charge in [-0.05, 0) is 50.9 Å². The molecule has 0 bridgehead atoms. The third-order valence-electron chi connectivity index (χ3n) is 4.25. The standard InChI is InChI=1S/C17H22N2O2/c1-13-16(11-19-9-7-14(12-20)8-10-19)18-17(21-13)15-5-3-2-4-6-15/h2-6,14,20H,7-12H2,1H3. The van der Waals surface area contributed by atoms with E-state index in [-0.39, 0.29) is 0 Å². The van der Waals surface area contributed by atoms with Crippen LogP contribution in [0.3, 0.4) is 0 Å². The number of aromatic nitrogens is 1. The number of benzene rings is 1. The van der Waals surface area contributed by atoms with Crippen molar-refractivity contribution in [1.82, 2.24) is 9.88 Å². The molecule has 0 unspecified atom stereocenters. The molecule has 0 saturated carbocycles. The molecule has 4 heteroatoms. The first-order valence-corrected chi connectivity index (χ1v) is 7.61. The van der Waals surface area contributed by atoms with Crippen LogP contribution in [0.25, 0.3) is 11.5 Å². The van der Waals surface area contributed by atoms with Gasteiger partial charge in [0, 0.05) is 18.7 Å². The Labute approximate surface area is 125 Å². The summed E-state index contributed by atoms with van der Waals surface area (Å²) in [5, 5.41) is 9.19. The fourth-order valence-electron chi connectivity index (χ4n) is 2.82. The van der Waals surface area contributed by atoms with E-state index < -0.39 is 0 Å². The van der Waals surface area contributed by atoms with E-state index in [4.69, 9.17) is 4.42 Å². The fourth-order valence-corrected chi connectivity index (χ4v) is 2.82. The lowest BCUT2D eigenvalue weighted by Crippen LogP contribution is -2.34. The normalized spacial score (nSPS) is 17.2. The van der Waals surface area contributed by atoms with Crippen LogP contribution < -0.4 is 0 Å². The highest BCUT2D eigenvalue weighted by atomic mass is 16.4. The van der Waals surface area contributed by atoms with E-state index >= 15 is 0 Å². The smallest absolute Gasteiger partial charge is 0.226 e. The van der Waals surface area contributed by atoms with Gasteiger partial charge in [-0.15, -0.1) is 0 Å². The topological polar surface area (TPSA) is 49.5 Å². The summed E-state index contributed by atoms with van der Waals surface area (Å²) >= 11 is 0. The largest absolute Gasteiger partial charge is 0.441 e. The number of rotatable bonds is 4. The molecule has 1 fully saturated rings. The maximum Gasteiger partial charge on any atom is 0.226 e. The zero-order valence-corrected chi connectivity index (χ0v) is 12.5. The second-order valence-corrected chi connectivity index (χ2v) is 5.79. The monoisotopic (exact) mass is 286 g/mol. The predicted octanol–water partition coefficient (Wildman–Crippen LogP) is 2.85. The van der Waals surface area contributed by atoms with Crippen molar-refractivity contribution in [3.8, 4) is 11.5 Å². The molecule has 1 aromatic carbocycles. The number of aliphatic hydroxyl groups excluding tert-OH is 1. The number of oxazole rings is 1. The molecule has 2 aromatic rings. The second-order valence-electron chi connectivity index (χ2n) is 5.79. The van der Waals surface area contributed by atoms with E-state index in [1.54, 1.807) is 0 Å². The number of aliphatic hydroxyl groups is 1. The van der Waals surface area contributed by atoms with E-state index in [0.29, 0.717) is 18.4 Å². The molecule has 2 heterocycles. The highest BCUT2D eigenvalue weighted by molar-refractivity contribution is 5.53. The van der Waals surface area contributed by atoms with Crippen LogP contribution in [0.2, 0.25) is 0 Å². The van der Waals surface area contributed by atoms with Crippen molar-refractivity contribution < 1.29 is 9.52 Å². The Kier molecular flexibility index (Phi) is 4.36. The van der Waals surface area contributed by atoms with Crippen molar-refractivity contribution in [1.29, 1.82) is 0 Å². The minimum absolute atomic E-state index is 0.314. The zero-order valence-electron chi connectivity index (χ0n) is 12.5. The Morgan fingerprint density at radius 3 is 2.62 bits per heavy atom. The number of likely N-dealkylation sites (tertiary alicyclic amines) is 1. The molecule has 0 atom stereocenters. The summed E-state index contributed by atoms with van der Waals surface area (Å²) in [6.07, 6.45) is 2.14. The number of hydrogen-bond acceptors (Lipinski definition) is 4. The maximum atomic E-state index is 9.19. The van der Waals surface area contributed by atoms with E-state index in [9.17, 15) is 5.11 Å². The van der Waals surface area contributed by atoms with Crippen molar-refractivity contribution in [3.05, 3.63) is 41.8 Å². The molecule has 1 aliphatic rings. The first-order chi connectivity index (χ1) is 10.3. The first-order valence-electron chi connectivity index (χ1n) is 7.61. The van der Waals surface area contributed by atoms with Gasteiger partial charge in [-0.25, -0.2) is 4.98 Å². The Morgan fingerprint density at radius 2 is 1.95 bits per heavy atom. The van der Waals surface area contributed by atoms with Crippen LogP contribution in [-0.2, 0) is 6.54 Å². The van der Waals surface area contributed by atoms with Gasteiger partial charge in [-0.1, -0.05) is 18.2 Å². The van der Waals surface area contributed by atoms with Gasteiger partial charge in [0.2, 0.25) is 5.89 Å². The summed E-state index contributed by atoms with van der Waals surface area (Å²) < 4.78 is 5.81. The van der Waals surface area contributed by atoms with Crippen molar-refractivity contribution >= 4 is 0 Å². The highest BCUT2D eigenvalue weighted by Crippen LogP contribution is 2.24. The summed E-state index contributed by atoms with van der Waals surface area (Å²) in [4.78, 5) is 7.05. The van der Waals surface area contributed by atoms with Crippen LogP contribution >= 0.6 is 0 Å². The minimum Gasteiger partial charge on any atom is -0.441 e. The molecule has 1 aromatic heterocycles. The van der Waals surface area contributed by atoms with Crippen molar-refractivity contribution in [2.24, 2.45) is 5.92 Å². The third-order valence-corrected chi connectivity index (χ3v) is 4.25. The summed E-state index contributed by atoms with van der Waals surface area (Å²) in [5.74, 6) is 2.08. The van der Waals surface area contributed by atoms with Crippen LogP contribution in [0.4, 0.5) is 0 Å². The number of nitrogens with zero attached hydrogens (tertiary/aromatic N) is 2. The first kappa shape index (κ1) is 14.3. The van der Waals surface area contributed by atoms with Crippen LogP contribution in [-0.4, -0.2) is 34.7 Å². The Hall–Kier alpha value is -1.65. The van der Waals surface area contributed by atoms with Crippen molar-refractivity contribution in [2.75, 3.05) is 19.7 Å². The predicted molar refractivity (Wildman–Crippen MR) is 81.8 cm³/mol. The number of piperidine rings is 1. The lowest BCUT2D eigenvalue weighted by Gasteiger charge is -2.30. The average molecular weight is 286 g/mol. The van der Waals surface area contributed by atoms with Gasteiger partial charge in [0.1, 0.15) is 5.76 Å². The molecule has 1 N–H and O–H groups in total. The molecule has 0 spiro atoms. The number of aryl methyl sites for hydroxylation is 1. The molecular weight excluding hydrogens is 264 g/mol. The molecule has 3 rings (SSSR count). The number of hydrogen-bond donors (Lipinski definition) is 1. The molecule has 1 aliphatic heterocycles. The lowest BCUT2D eigenvalue weighted by molar-refractivity contribution is 0.126. The van der Waals surface area contributed by atoms with E-state index in [1.165, 1.54) is 0 Å². The zero-order chi connectivity index (χ0) is 14.7. The molecule has 4 nitrogen and oxygen atoms in total. The van der Waals surface area contributed by atoms with E-state index in [0.717, 1.165) is 49.5 Å². The average Bonchev–Trinajstić information content (AvgIpc) is 2.90. The van der Waals surface area contributed by atoms with Crippen LogP contribution in [0, 0.1) is 12.8 Å². The van der Waals surface area contributed by atoms with E-state index in [2.05, 4.69) is 9.88 Å². The Balaban J connectivity index is 1.68. The molecule has 0 amide bonds. The molecule has 0 radical (unpaired) electrons. The Bertz CT molecular complexity index is 572. The van der Waals surface area contributed by atoms with Gasteiger partial charge in [-0.2, -0.15) is 0 Å². The van der Waals surface area contributed by atoms with Gasteiger partial charge in [0.15, 0.2) is 0 Å². The molecular formula is C17H22N2O2. The quantitative estimate of drug-likeness (QED) is 0.939. The maximum absolute atomic E-state index is 9.19. The highest BCUT2D eigenvalue weighted by Gasteiger charge is 2.20. The summed E-state index contributed by atoms with van der Waals surface area (Å²) in [6, 6.07) is 10.0. The molecule has 21 heavy (non-hydrogen) atoms.